The van der Waals surface area contributed by atoms with Gasteiger partial charge in [-0.15, -0.1) is 0 Å². The number of aliphatic hydroxyl groups is 1. The fourth-order valence-electron chi connectivity index (χ4n) is 2.32. The normalized spacial score (nSPS) is 19.8. The summed E-state index contributed by atoms with van der Waals surface area (Å²) in [7, 11) is 0. The number of rotatable bonds is 7. The molecule has 0 radical (unpaired) electrons. The Hall–Kier alpha value is -0.290. The number of aliphatic hydroxyl groups excluding tert-OH is 1. The van der Waals surface area contributed by atoms with Crippen LogP contribution < -0.4 is 0 Å². The Morgan fingerprint density at radius 1 is 1.18 bits per heavy atom. The largest absolute Gasteiger partial charge is 0.411 e. The van der Waals surface area contributed by atoms with Crippen molar-refractivity contribution in [2.24, 2.45) is 5.92 Å². The van der Waals surface area contributed by atoms with E-state index in [4.69, 9.17) is 0 Å². The Labute approximate surface area is 100 Å². The van der Waals surface area contributed by atoms with Crippen LogP contribution in [0.2, 0.25) is 0 Å². The maximum Gasteiger partial charge on any atom is 0.411 e. The van der Waals surface area contributed by atoms with E-state index in [1.54, 1.807) is 0 Å². The summed E-state index contributed by atoms with van der Waals surface area (Å²) in [5.41, 5.74) is 0. The van der Waals surface area contributed by atoms with Crippen LogP contribution in [0.4, 0.5) is 13.2 Å². The van der Waals surface area contributed by atoms with Gasteiger partial charge in [-0.3, -0.25) is 0 Å². The first-order valence-electron chi connectivity index (χ1n) is 6.31. The van der Waals surface area contributed by atoms with Gasteiger partial charge in [0.1, 0.15) is 6.61 Å². The predicted octanol–water partition coefficient (Wildman–Crippen LogP) is 3.29. The first kappa shape index (κ1) is 14.8. The minimum Gasteiger partial charge on any atom is -0.393 e. The van der Waals surface area contributed by atoms with E-state index >= 15 is 0 Å². The zero-order valence-electron chi connectivity index (χ0n) is 10.0. The van der Waals surface area contributed by atoms with Crippen molar-refractivity contribution >= 4 is 0 Å². The molecule has 0 aliphatic heterocycles. The summed E-state index contributed by atoms with van der Waals surface area (Å²) in [5.74, 6) is 0.408. The minimum absolute atomic E-state index is 0.122. The number of hydrogen-bond donors (Lipinski definition) is 1. The van der Waals surface area contributed by atoms with Crippen molar-refractivity contribution in [3.63, 3.8) is 0 Å². The van der Waals surface area contributed by atoms with E-state index in [0.717, 1.165) is 19.3 Å². The topological polar surface area (TPSA) is 29.5 Å². The summed E-state index contributed by atoms with van der Waals surface area (Å²) >= 11 is 0. The van der Waals surface area contributed by atoms with Gasteiger partial charge in [-0.05, 0) is 38.0 Å². The number of halogens is 3. The molecule has 1 atom stereocenters. The average Bonchev–Trinajstić information content (AvgIpc) is 2.74. The van der Waals surface area contributed by atoms with Crippen LogP contribution in [0.3, 0.4) is 0 Å². The van der Waals surface area contributed by atoms with Crippen LogP contribution in [0.15, 0.2) is 0 Å². The van der Waals surface area contributed by atoms with Crippen molar-refractivity contribution in [1.29, 1.82) is 0 Å². The van der Waals surface area contributed by atoms with Gasteiger partial charge in [0.15, 0.2) is 0 Å². The Balaban J connectivity index is 1.93. The number of ether oxygens (including phenoxy) is 1. The fourth-order valence-corrected chi connectivity index (χ4v) is 2.32. The van der Waals surface area contributed by atoms with Gasteiger partial charge >= 0.3 is 6.18 Å². The lowest BCUT2D eigenvalue weighted by molar-refractivity contribution is -0.174. The molecule has 0 amide bonds. The number of unbranched alkanes of at least 4 members (excludes halogenated alkanes) is 1. The van der Waals surface area contributed by atoms with E-state index in [2.05, 4.69) is 4.74 Å². The lowest BCUT2D eigenvalue weighted by atomic mass is 9.96. The lowest BCUT2D eigenvalue weighted by Crippen LogP contribution is -2.19. The highest BCUT2D eigenvalue weighted by Gasteiger charge is 2.27. The van der Waals surface area contributed by atoms with Gasteiger partial charge in [-0.1, -0.05) is 12.8 Å². The van der Waals surface area contributed by atoms with E-state index in [9.17, 15) is 18.3 Å². The molecular formula is C12H21F3O2. The van der Waals surface area contributed by atoms with Gasteiger partial charge < -0.3 is 9.84 Å². The summed E-state index contributed by atoms with van der Waals surface area (Å²) < 4.78 is 39.7. The fraction of sp³-hybridized carbons (Fsp3) is 1.00. The molecule has 1 N–H and O–H groups in total. The van der Waals surface area contributed by atoms with Crippen molar-refractivity contribution < 1.29 is 23.0 Å². The first-order chi connectivity index (χ1) is 7.99. The molecule has 1 saturated carbocycles. The van der Waals surface area contributed by atoms with E-state index in [0.29, 0.717) is 18.8 Å². The van der Waals surface area contributed by atoms with E-state index in [-0.39, 0.29) is 12.7 Å². The second kappa shape index (κ2) is 7.21. The maximum absolute atomic E-state index is 11.7. The van der Waals surface area contributed by atoms with E-state index in [1.807, 2.05) is 0 Å². The third-order valence-corrected chi connectivity index (χ3v) is 3.25. The highest BCUT2D eigenvalue weighted by atomic mass is 19.4. The molecule has 0 bridgehead atoms. The highest BCUT2D eigenvalue weighted by Crippen LogP contribution is 2.29. The SMILES string of the molecule is OC(CCCCOCC(F)(F)F)C1CCCC1. The van der Waals surface area contributed by atoms with Crippen LogP contribution >= 0.6 is 0 Å². The quantitative estimate of drug-likeness (QED) is 0.706. The van der Waals surface area contributed by atoms with Crippen LogP contribution in [0.1, 0.15) is 44.9 Å². The molecule has 102 valence electrons. The van der Waals surface area contributed by atoms with E-state index < -0.39 is 12.8 Å². The average molecular weight is 254 g/mol. The van der Waals surface area contributed by atoms with Gasteiger partial charge in [0.05, 0.1) is 6.10 Å². The third-order valence-electron chi connectivity index (χ3n) is 3.25. The summed E-state index contributed by atoms with van der Waals surface area (Å²) in [4.78, 5) is 0. The molecular weight excluding hydrogens is 233 g/mol. The molecule has 0 heterocycles. The Morgan fingerprint density at radius 2 is 1.82 bits per heavy atom. The van der Waals surface area contributed by atoms with Crippen molar-refractivity contribution in [1.82, 2.24) is 0 Å². The molecule has 1 aliphatic rings. The molecule has 1 rings (SSSR count). The lowest BCUT2D eigenvalue weighted by Gasteiger charge is -2.17. The van der Waals surface area contributed by atoms with Gasteiger partial charge in [-0.25, -0.2) is 0 Å². The third kappa shape index (κ3) is 6.88. The smallest absolute Gasteiger partial charge is 0.393 e. The zero-order chi connectivity index (χ0) is 12.7. The molecule has 5 heteroatoms. The van der Waals surface area contributed by atoms with Crippen LogP contribution in [0, 0.1) is 5.92 Å². The van der Waals surface area contributed by atoms with Gasteiger partial charge in [0.25, 0.3) is 0 Å². The van der Waals surface area contributed by atoms with Crippen LogP contribution in [0.25, 0.3) is 0 Å². The van der Waals surface area contributed by atoms with Crippen molar-refractivity contribution in [3.05, 3.63) is 0 Å². The molecule has 0 saturated heterocycles. The van der Waals surface area contributed by atoms with Crippen molar-refractivity contribution in [2.45, 2.75) is 57.2 Å². The summed E-state index contributed by atoms with van der Waals surface area (Å²) in [5, 5.41) is 9.81. The Morgan fingerprint density at radius 3 is 2.41 bits per heavy atom. The second-order valence-corrected chi connectivity index (χ2v) is 4.78. The van der Waals surface area contributed by atoms with E-state index in [1.165, 1.54) is 12.8 Å². The molecule has 0 aromatic rings. The predicted molar refractivity (Wildman–Crippen MR) is 58.7 cm³/mol. The van der Waals surface area contributed by atoms with Crippen LogP contribution in [-0.2, 0) is 4.74 Å². The van der Waals surface area contributed by atoms with Gasteiger partial charge in [0, 0.05) is 6.61 Å². The van der Waals surface area contributed by atoms with Crippen LogP contribution in [-0.4, -0.2) is 30.6 Å². The first-order valence-corrected chi connectivity index (χ1v) is 6.31. The van der Waals surface area contributed by atoms with Crippen molar-refractivity contribution in [2.75, 3.05) is 13.2 Å². The molecule has 0 aromatic heterocycles. The number of alkyl halides is 3. The van der Waals surface area contributed by atoms with Crippen LogP contribution in [0.5, 0.6) is 0 Å². The second-order valence-electron chi connectivity index (χ2n) is 4.78. The monoisotopic (exact) mass is 254 g/mol. The molecule has 0 aromatic carbocycles. The molecule has 0 spiro atoms. The summed E-state index contributed by atoms with van der Waals surface area (Å²) in [6, 6.07) is 0. The number of hydrogen-bond acceptors (Lipinski definition) is 2. The molecule has 2 nitrogen and oxygen atoms in total. The summed E-state index contributed by atoms with van der Waals surface area (Å²) in [6.07, 6.45) is 2.04. The maximum atomic E-state index is 11.7. The standard InChI is InChI=1S/C12H21F3O2/c13-12(14,15)9-17-8-4-3-7-11(16)10-5-1-2-6-10/h10-11,16H,1-9H2. The summed E-state index contributed by atoms with van der Waals surface area (Å²) in [6.45, 7) is -1.05. The van der Waals surface area contributed by atoms with Gasteiger partial charge in [0.2, 0.25) is 0 Å². The molecule has 1 fully saturated rings. The zero-order valence-corrected chi connectivity index (χ0v) is 10.0. The molecule has 1 aliphatic carbocycles. The Bertz CT molecular complexity index is 200. The highest BCUT2D eigenvalue weighted by molar-refractivity contribution is 4.74. The Kier molecular flexibility index (Phi) is 6.27. The molecule has 17 heavy (non-hydrogen) atoms. The van der Waals surface area contributed by atoms with Crippen molar-refractivity contribution in [3.8, 4) is 0 Å². The molecule has 1 unspecified atom stereocenters. The minimum atomic E-state index is -4.23. The van der Waals surface area contributed by atoms with Gasteiger partial charge in [-0.2, -0.15) is 13.2 Å².